The van der Waals surface area contributed by atoms with Crippen LogP contribution in [0.4, 0.5) is 0 Å². The molecule has 0 spiro atoms. The van der Waals surface area contributed by atoms with Gasteiger partial charge in [0.2, 0.25) is 5.91 Å². The van der Waals surface area contributed by atoms with Crippen LogP contribution in [0.1, 0.15) is 51.2 Å². The van der Waals surface area contributed by atoms with E-state index in [-0.39, 0.29) is 12.5 Å². The number of carboxylic acids is 1. The van der Waals surface area contributed by atoms with Crippen molar-refractivity contribution in [2.24, 2.45) is 0 Å². The fourth-order valence-electron chi connectivity index (χ4n) is 3.77. The van der Waals surface area contributed by atoms with Crippen LogP contribution < -0.4 is 5.32 Å². The molecule has 7 nitrogen and oxygen atoms in total. The minimum atomic E-state index is -0.998. The van der Waals surface area contributed by atoms with E-state index in [1.165, 1.54) is 28.6 Å². The summed E-state index contributed by atoms with van der Waals surface area (Å²) in [5.74, 6) is -0.605. The number of amides is 1. The molecule has 0 bridgehead atoms. The van der Waals surface area contributed by atoms with Crippen LogP contribution in [-0.4, -0.2) is 70.6 Å². The van der Waals surface area contributed by atoms with E-state index in [1.807, 2.05) is 0 Å². The predicted molar refractivity (Wildman–Crippen MR) is 127 cm³/mol. The SMILES string of the molecule is CCCCc1ccc(CCC(N[C@@H](C)C(=O)N2CCSCC2C(=O)O)C(=O)OCC)cc1. The number of carboxylic acid groups (broad SMARTS) is 1. The first kappa shape index (κ1) is 26.2. The Kier molecular flexibility index (Phi) is 11.0. The maximum absolute atomic E-state index is 13.0. The molecule has 32 heavy (non-hydrogen) atoms. The van der Waals surface area contributed by atoms with E-state index >= 15 is 0 Å². The third kappa shape index (κ3) is 7.81. The molecular weight excluding hydrogens is 428 g/mol. The van der Waals surface area contributed by atoms with Crippen LogP contribution in [0.2, 0.25) is 0 Å². The van der Waals surface area contributed by atoms with Crippen LogP contribution in [-0.2, 0) is 32.0 Å². The number of aliphatic carboxylic acids is 1. The monoisotopic (exact) mass is 464 g/mol. The number of hydrogen-bond donors (Lipinski definition) is 2. The molecule has 0 saturated carbocycles. The minimum Gasteiger partial charge on any atom is -0.480 e. The first-order valence-corrected chi connectivity index (χ1v) is 12.6. The maximum Gasteiger partial charge on any atom is 0.327 e. The number of nitrogens with zero attached hydrogens (tertiary/aromatic N) is 1. The van der Waals surface area contributed by atoms with Crippen molar-refractivity contribution in [1.82, 2.24) is 10.2 Å². The smallest absolute Gasteiger partial charge is 0.327 e. The number of nitrogens with one attached hydrogen (secondary N) is 1. The van der Waals surface area contributed by atoms with Gasteiger partial charge in [0.25, 0.3) is 0 Å². The summed E-state index contributed by atoms with van der Waals surface area (Å²) < 4.78 is 5.22. The van der Waals surface area contributed by atoms with Gasteiger partial charge in [-0.1, -0.05) is 37.6 Å². The largest absolute Gasteiger partial charge is 0.480 e. The molecule has 1 fully saturated rings. The van der Waals surface area contributed by atoms with E-state index in [2.05, 4.69) is 36.5 Å². The van der Waals surface area contributed by atoms with Crippen molar-refractivity contribution in [3.05, 3.63) is 35.4 Å². The normalized spacial score (nSPS) is 18.1. The Morgan fingerprint density at radius 2 is 1.84 bits per heavy atom. The van der Waals surface area contributed by atoms with Gasteiger partial charge in [-0.15, -0.1) is 0 Å². The fraction of sp³-hybridized carbons (Fsp3) is 0.625. The van der Waals surface area contributed by atoms with Crippen molar-refractivity contribution in [1.29, 1.82) is 0 Å². The van der Waals surface area contributed by atoms with E-state index in [0.717, 1.165) is 18.4 Å². The standard InChI is InChI=1S/C24H36N2O5S/c1-4-6-7-18-8-10-19(11-9-18)12-13-20(24(30)31-5-2)25-17(3)22(27)26-14-15-32-16-21(26)23(28)29/h8-11,17,20-21,25H,4-7,12-16H2,1-3H3,(H,28,29)/t17-,20?,21?/m0/s1. The summed E-state index contributed by atoms with van der Waals surface area (Å²) in [5, 5.41) is 12.6. The van der Waals surface area contributed by atoms with Crippen LogP contribution in [0.15, 0.2) is 24.3 Å². The summed E-state index contributed by atoms with van der Waals surface area (Å²) in [6.45, 7) is 6.25. The van der Waals surface area contributed by atoms with Gasteiger partial charge in [0.15, 0.2) is 0 Å². The summed E-state index contributed by atoms with van der Waals surface area (Å²) in [5.41, 5.74) is 2.43. The molecule has 178 valence electrons. The molecule has 1 aliphatic rings. The van der Waals surface area contributed by atoms with E-state index in [9.17, 15) is 19.5 Å². The molecule has 0 aromatic heterocycles. The van der Waals surface area contributed by atoms with Crippen molar-refractivity contribution < 1.29 is 24.2 Å². The molecule has 8 heteroatoms. The Morgan fingerprint density at radius 1 is 1.19 bits per heavy atom. The number of thioether (sulfide) groups is 1. The Labute approximate surface area is 195 Å². The summed E-state index contributed by atoms with van der Waals surface area (Å²) in [6, 6.07) is 6.27. The molecule has 1 aromatic carbocycles. The molecule has 2 N–H and O–H groups in total. The number of carbonyl (C=O) groups is 3. The highest BCUT2D eigenvalue weighted by Crippen LogP contribution is 2.18. The van der Waals surface area contributed by atoms with Crippen molar-refractivity contribution in [3.63, 3.8) is 0 Å². The Balaban J connectivity index is 2.00. The topological polar surface area (TPSA) is 95.9 Å². The summed E-state index contributed by atoms with van der Waals surface area (Å²) in [7, 11) is 0. The van der Waals surface area contributed by atoms with Gasteiger partial charge in [0, 0.05) is 18.1 Å². The van der Waals surface area contributed by atoms with Gasteiger partial charge in [-0.3, -0.25) is 14.9 Å². The number of ether oxygens (including phenoxy) is 1. The first-order chi connectivity index (χ1) is 15.4. The lowest BCUT2D eigenvalue weighted by molar-refractivity contribution is -0.151. The predicted octanol–water partition coefficient (Wildman–Crippen LogP) is 2.90. The van der Waals surface area contributed by atoms with Gasteiger partial charge >= 0.3 is 11.9 Å². The number of benzene rings is 1. The van der Waals surface area contributed by atoms with Crippen molar-refractivity contribution in [2.45, 2.75) is 71.0 Å². The highest BCUT2D eigenvalue weighted by atomic mass is 32.2. The number of unbranched alkanes of at least 4 members (excludes halogenated alkanes) is 1. The second-order valence-corrected chi connectivity index (χ2v) is 9.26. The number of hydrogen-bond acceptors (Lipinski definition) is 6. The molecule has 1 amide bonds. The molecule has 2 unspecified atom stereocenters. The quantitative estimate of drug-likeness (QED) is 0.459. The molecule has 1 aromatic rings. The highest BCUT2D eigenvalue weighted by molar-refractivity contribution is 7.99. The number of aryl methyl sites for hydroxylation is 2. The Morgan fingerprint density at radius 3 is 2.44 bits per heavy atom. The Hall–Kier alpha value is -2.06. The fourth-order valence-corrected chi connectivity index (χ4v) is 4.81. The molecule has 1 saturated heterocycles. The van der Waals surface area contributed by atoms with Gasteiger partial charge in [-0.05, 0) is 50.7 Å². The zero-order valence-corrected chi connectivity index (χ0v) is 20.2. The molecule has 0 aliphatic carbocycles. The van der Waals surface area contributed by atoms with E-state index in [0.29, 0.717) is 30.9 Å². The van der Waals surface area contributed by atoms with Gasteiger partial charge < -0.3 is 14.7 Å². The average molecular weight is 465 g/mol. The van der Waals surface area contributed by atoms with E-state index in [4.69, 9.17) is 4.74 Å². The van der Waals surface area contributed by atoms with Gasteiger partial charge in [-0.25, -0.2) is 4.79 Å². The summed E-state index contributed by atoms with van der Waals surface area (Å²) in [6.07, 6.45) is 4.55. The van der Waals surface area contributed by atoms with Gasteiger partial charge in [-0.2, -0.15) is 11.8 Å². The third-order valence-electron chi connectivity index (χ3n) is 5.65. The third-order valence-corrected chi connectivity index (χ3v) is 6.68. The first-order valence-electron chi connectivity index (χ1n) is 11.5. The van der Waals surface area contributed by atoms with E-state index in [1.54, 1.807) is 13.8 Å². The van der Waals surface area contributed by atoms with Crippen LogP contribution in [0.3, 0.4) is 0 Å². The summed E-state index contributed by atoms with van der Waals surface area (Å²) >= 11 is 1.53. The molecule has 1 aliphatic heterocycles. The second kappa shape index (κ2) is 13.5. The lowest BCUT2D eigenvalue weighted by Gasteiger charge is -2.35. The zero-order valence-electron chi connectivity index (χ0n) is 19.3. The molecule has 2 rings (SSSR count). The lowest BCUT2D eigenvalue weighted by Crippen LogP contribution is -2.57. The average Bonchev–Trinajstić information content (AvgIpc) is 2.80. The van der Waals surface area contributed by atoms with Crippen LogP contribution in [0.5, 0.6) is 0 Å². The minimum absolute atomic E-state index is 0.260. The number of rotatable bonds is 12. The molecular formula is C24H36N2O5S. The Bertz CT molecular complexity index is 755. The highest BCUT2D eigenvalue weighted by Gasteiger charge is 2.35. The molecule has 3 atom stereocenters. The van der Waals surface area contributed by atoms with Gasteiger partial charge in [0.1, 0.15) is 12.1 Å². The van der Waals surface area contributed by atoms with Crippen molar-refractivity contribution in [3.8, 4) is 0 Å². The zero-order chi connectivity index (χ0) is 23.5. The second-order valence-electron chi connectivity index (χ2n) is 8.11. The number of carbonyl (C=O) groups excluding carboxylic acids is 2. The molecule has 0 radical (unpaired) electrons. The molecule has 1 heterocycles. The number of esters is 1. The van der Waals surface area contributed by atoms with Crippen LogP contribution in [0, 0.1) is 0 Å². The van der Waals surface area contributed by atoms with E-state index < -0.39 is 30.1 Å². The van der Waals surface area contributed by atoms with Crippen molar-refractivity contribution in [2.75, 3.05) is 24.7 Å². The maximum atomic E-state index is 13.0. The van der Waals surface area contributed by atoms with Gasteiger partial charge in [0.05, 0.1) is 12.6 Å². The van der Waals surface area contributed by atoms with Crippen LogP contribution >= 0.6 is 11.8 Å². The van der Waals surface area contributed by atoms with Crippen molar-refractivity contribution >= 4 is 29.6 Å². The lowest BCUT2D eigenvalue weighted by atomic mass is 10.0. The summed E-state index contributed by atoms with van der Waals surface area (Å²) in [4.78, 5) is 38.5. The van der Waals surface area contributed by atoms with Crippen LogP contribution in [0.25, 0.3) is 0 Å².